The summed E-state index contributed by atoms with van der Waals surface area (Å²) < 4.78 is 15.5. The highest BCUT2D eigenvalue weighted by atomic mass is 16.6. The summed E-state index contributed by atoms with van der Waals surface area (Å²) in [7, 11) is 3.05. The highest BCUT2D eigenvalue weighted by Gasteiger charge is 2.14. The molecular formula is C17H17N3O6. The van der Waals surface area contributed by atoms with E-state index >= 15 is 0 Å². The van der Waals surface area contributed by atoms with E-state index in [9.17, 15) is 14.9 Å². The number of carbonyl (C=O) groups excluding carboxylic acids is 1. The maximum atomic E-state index is 11.7. The lowest BCUT2D eigenvalue weighted by Crippen LogP contribution is -2.24. The van der Waals surface area contributed by atoms with Gasteiger partial charge >= 0.3 is 5.69 Å². The van der Waals surface area contributed by atoms with E-state index in [-0.39, 0.29) is 11.4 Å². The van der Waals surface area contributed by atoms with E-state index in [2.05, 4.69) is 10.5 Å². The largest absolute Gasteiger partial charge is 0.493 e. The van der Waals surface area contributed by atoms with Gasteiger partial charge in [0.1, 0.15) is 0 Å². The van der Waals surface area contributed by atoms with Gasteiger partial charge in [0.2, 0.25) is 0 Å². The average molecular weight is 359 g/mol. The molecule has 0 fully saturated rings. The molecule has 2 aromatic rings. The van der Waals surface area contributed by atoms with Gasteiger partial charge in [0, 0.05) is 6.07 Å². The Kier molecular flexibility index (Phi) is 6.49. The van der Waals surface area contributed by atoms with Crippen LogP contribution in [0, 0.1) is 10.1 Å². The second-order valence-corrected chi connectivity index (χ2v) is 4.92. The predicted molar refractivity (Wildman–Crippen MR) is 93.9 cm³/mol. The van der Waals surface area contributed by atoms with Gasteiger partial charge in [-0.2, -0.15) is 5.10 Å². The lowest BCUT2D eigenvalue weighted by atomic mass is 10.2. The van der Waals surface area contributed by atoms with E-state index in [0.29, 0.717) is 17.1 Å². The van der Waals surface area contributed by atoms with Crippen molar-refractivity contribution in [3.8, 4) is 17.2 Å². The summed E-state index contributed by atoms with van der Waals surface area (Å²) in [5, 5.41) is 14.7. The minimum Gasteiger partial charge on any atom is -0.493 e. The molecule has 0 radical (unpaired) electrons. The van der Waals surface area contributed by atoms with E-state index in [1.807, 2.05) is 0 Å². The van der Waals surface area contributed by atoms with E-state index in [1.165, 1.54) is 38.6 Å². The van der Waals surface area contributed by atoms with Crippen molar-refractivity contribution >= 4 is 17.8 Å². The number of nitro benzene ring substituents is 1. The summed E-state index contributed by atoms with van der Waals surface area (Å²) in [6.45, 7) is -0.409. The van der Waals surface area contributed by atoms with Crippen molar-refractivity contribution < 1.29 is 23.9 Å². The van der Waals surface area contributed by atoms with Gasteiger partial charge in [-0.05, 0) is 29.8 Å². The Balaban J connectivity index is 1.91. The van der Waals surface area contributed by atoms with Crippen molar-refractivity contribution in [1.29, 1.82) is 0 Å². The van der Waals surface area contributed by atoms with Gasteiger partial charge in [-0.1, -0.05) is 12.1 Å². The Bertz CT molecular complexity index is 822. The van der Waals surface area contributed by atoms with Crippen LogP contribution >= 0.6 is 0 Å². The summed E-state index contributed by atoms with van der Waals surface area (Å²) in [5.74, 6) is 0.561. The zero-order valence-corrected chi connectivity index (χ0v) is 14.2. The van der Waals surface area contributed by atoms with Crippen molar-refractivity contribution in [2.24, 2.45) is 5.10 Å². The first-order valence-corrected chi connectivity index (χ1v) is 7.45. The van der Waals surface area contributed by atoms with E-state index < -0.39 is 17.4 Å². The first-order chi connectivity index (χ1) is 12.5. The molecule has 0 aliphatic heterocycles. The van der Waals surface area contributed by atoms with Gasteiger partial charge < -0.3 is 14.2 Å². The molecule has 9 nitrogen and oxygen atoms in total. The number of para-hydroxylation sites is 2. The highest BCUT2D eigenvalue weighted by molar-refractivity contribution is 5.83. The Morgan fingerprint density at radius 2 is 1.88 bits per heavy atom. The molecule has 0 saturated heterocycles. The fourth-order valence-electron chi connectivity index (χ4n) is 2.02. The van der Waals surface area contributed by atoms with Crippen molar-refractivity contribution in [3.63, 3.8) is 0 Å². The van der Waals surface area contributed by atoms with Gasteiger partial charge in [0.05, 0.1) is 25.4 Å². The maximum absolute atomic E-state index is 11.7. The Hall–Kier alpha value is -3.62. The van der Waals surface area contributed by atoms with Crippen LogP contribution in [0.4, 0.5) is 5.69 Å². The molecule has 0 atom stereocenters. The Morgan fingerprint density at radius 3 is 2.58 bits per heavy atom. The van der Waals surface area contributed by atoms with Crippen LogP contribution in [0.1, 0.15) is 5.56 Å². The number of amides is 1. The molecule has 26 heavy (non-hydrogen) atoms. The summed E-state index contributed by atoms with van der Waals surface area (Å²) in [4.78, 5) is 22.0. The molecular weight excluding hydrogens is 342 g/mol. The molecule has 0 saturated carbocycles. The zero-order chi connectivity index (χ0) is 18.9. The maximum Gasteiger partial charge on any atom is 0.310 e. The number of rotatable bonds is 8. The number of methoxy groups -OCH3 is 2. The molecule has 0 spiro atoms. The molecule has 0 bridgehead atoms. The fourth-order valence-corrected chi connectivity index (χ4v) is 2.02. The molecule has 1 amide bonds. The van der Waals surface area contributed by atoms with E-state index in [4.69, 9.17) is 14.2 Å². The first kappa shape index (κ1) is 18.7. The van der Waals surface area contributed by atoms with Crippen LogP contribution in [0.2, 0.25) is 0 Å². The number of nitrogens with zero attached hydrogens (tertiary/aromatic N) is 2. The number of ether oxygens (including phenoxy) is 3. The summed E-state index contributed by atoms with van der Waals surface area (Å²) in [6.07, 6.45) is 1.42. The van der Waals surface area contributed by atoms with Crippen molar-refractivity contribution in [2.75, 3.05) is 20.8 Å². The Morgan fingerprint density at radius 1 is 1.15 bits per heavy atom. The third kappa shape index (κ3) is 4.94. The highest BCUT2D eigenvalue weighted by Crippen LogP contribution is 2.27. The molecule has 136 valence electrons. The van der Waals surface area contributed by atoms with Crippen LogP contribution < -0.4 is 19.6 Å². The standard InChI is InChI=1S/C17H17N3O6/c1-24-15-8-7-12(9-16(15)25-2)10-18-19-17(21)11-26-14-6-4-3-5-13(14)20(22)23/h3-10H,11H2,1-2H3,(H,19,21). The summed E-state index contributed by atoms with van der Waals surface area (Å²) >= 11 is 0. The molecule has 0 aromatic heterocycles. The zero-order valence-electron chi connectivity index (χ0n) is 14.2. The number of hydrazone groups is 1. The topological polar surface area (TPSA) is 112 Å². The number of nitrogens with one attached hydrogen (secondary N) is 1. The van der Waals surface area contributed by atoms with Crippen molar-refractivity contribution in [2.45, 2.75) is 0 Å². The number of benzene rings is 2. The molecule has 2 rings (SSSR count). The Labute approximate surface area is 149 Å². The van der Waals surface area contributed by atoms with Gasteiger partial charge in [0.25, 0.3) is 5.91 Å². The molecule has 2 aromatic carbocycles. The third-order valence-corrected chi connectivity index (χ3v) is 3.23. The number of hydrogen-bond acceptors (Lipinski definition) is 7. The summed E-state index contributed by atoms with van der Waals surface area (Å²) in [5.41, 5.74) is 2.75. The van der Waals surface area contributed by atoms with E-state index in [1.54, 1.807) is 24.3 Å². The van der Waals surface area contributed by atoms with Crippen LogP contribution in [0.15, 0.2) is 47.6 Å². The number of carbonyl (C=O) groups is 1. The smallest absolute Gasteiger partial charge is 0.310 e. The second kappa shape index (κ2) is 9.02. The SMILES string of the molecule is COc1ccc(C=NNC(=O)COc2ccccc2[N+](=O)[O-])cc1OC. The van der Waals surface area contributed by atoms with Crippen molar-refractivity contribution in [3.05, 3.63) is 58.1 Å². The second-order valence-electron chi connectivity index (χ2n) is 4.92. The number of nitro groups is 1. The average Bonchev–Trinajstić information content (AvgIpc) is 2.66. The van der Waals surface area contributed by atoms with Gasteiger partial charge in [-0.25, -0.2) is 5.43 Å². The van der Waals surface area contributed by atoms with Crippen LogP contribution in [0.25, 0.3) is 0 Å². The molecule has 9 heteroatoms. The molecule has 1 N–H and O–H groups in total. The third-order valence-electron chi connectivity index (χ3n) is 3.23. The molecule has 0 unspecified atom stereocenters. The first-order valence-electron chi connectivity index (χ1n) is 7.45. The van der Waals surface area contributed by atoms with Gasteiger partial charge in [0.15, 0.2) is 23.9 Å². The normalized spacial score (nSPS) is 10.4. The van der Waals surface area contributed by atoms with Crippen molar-refractivity contribution in [1.82, 2.24) is 5.43 Å². The lowest BCUT2D eigenvalue weighted by Gasteiger charge is -2.07. The van der Waals surface area contributed by atoms with Gasteiger partial charge in [-0.15, -0.1) is 0 Å². The minimum absolute atomic E-state index is 0.0107. The number of hydrogen-bond donors (Lipinski definition) is 1. The predicted octanol–water partition coefficient (Wildman–Crippen LogP) is 2.14. The van der Waals surface area contributed by atoms with E-state index in [0.717, 1.165) is 0 Å². The molecule has 0 heterocycles. The summed E-state index contributed by atoms with van der Waals surface area (Å²) in [6, 6.07) is 10.9. The lowest BCUT2D eigenvalue weighted by molar-refractivity contribution is -0.385. The molecule has 0 aliphatic rings. The van der Waals surface area contributed by atoms with Crippen LogP contribution in [0.3, 0.4) is 0 Å². The van der Waals surface area contributed by atoms with Crippen LogP contribution in [-0.4, -0.2) is 37.9 Å². The molecule has 0 aliphatic carbocycles. The van der Waals surface area contributed by atoms with Crippen LogP contribution in [-0.2, 0) is 4.79 Å². The quantitative estimate of drug-likeness (QED) is 0.439. The van der Waals surface area contributed by atoms with Gasteiger partial charge in [-0.3, -0.25) is 14.9 Å². The monoisotopic (exact) mass is 359 g/mol. The van der Waals surface area contributed by atoms with Crippen LogP contribution in [0.5, 0.6) is 17.2 Å². The minimum atomic E-state index is -0.581. The fraction of sp³-hybridized carbons (Fsp3) is 0.176.